The van der Waals surface area contributed by atoms with Crippen LogP contribution in [0.4, 0.5) is 11.4 Å². The van der Waals surface area contributed by atoms with Crippen molar-refractivity contribution in [2.45, 2.75) is 39.2 Å². The van der Waals surface area contributed by atoms with Crippen molar-refractivity contribution < 1.29 is 4.92 Å². The van der Waals surface area contributed by atoms with E-state index in [9.17, 15) is 10.1 Å². The van der Waals surface area contributed by atoms with Crippen molar-refractivity contribution in [2.24, 2.45) is 11.7 Å². The molecular weight excluding hydrogens is 290 g/mol. The first-order chi connectivity index (χ1) is 9.99. The monoisotopic (exact) mass is 311 g/mol. The Bertz CT molecular complexity index is 536. The first kappa shape index (κ1) is 16.0. The highest BCUT2D eigenvalue weighted by molar-refractivity contribution is 6.33. The minimum atomic E-state index is -0.437. The maximum atomic E-state index is 11.0. The summed E-state index contributed by atoms with van der Waals surface area (Å²) in [4.78, 5) is 12.8. The molecule has 0 saturated heterocycles. The van der Waals surface area contributed by atoms with E-state index in [2.05, 4.69) is 11.8 Å². The smallest absolute Gasteiger partial charge is 0.288 e. The van der Waals surface area contributed by atoms with Gasteiger partial charge in [0.15, 0.2) is 0 Å². The number of nitro benzene ring substituents is 1. The third-order valence-electron chi connectivity index (χ3n) is 4.43. The van der Waals surface area contributed by atoms with E-state index in [1.54, 1.807) is 12.1 Å². The number of aryl methyl sites for hydroxylation is 1. The van der Waals surface area contributed by atoms with E-state index < -0.39 is 4.92 Å². The van der Waals surface area contributed by atoms with E-state index in [1.165, 1.54) is 6.42 Å². The number of hydrogen-bond donors (Lipinski definition) is 1. The average Bonchev–Trinajstić information content (AvgIpc) is 2.91. The molecule has 1 saturated carbocycles. The van der Waals surface area contributed by atoms with Crippen molar-refractivity contribution in [2.75, 3.05) is 18.0 Å². The molecule has 21 heavy (non-hydrogen) atoms. The zero-order valence-corrected chi connectivity index (χ0v) is 13.3. The Morgan fingerprint density at radius 3 is 2.76 bits per heavy atom. The fraction of sp³-hybridized carbons (Fsp3) is 0.600. The Morgan fingerprint density at radius 1 is 1.48 bits per heavy atom. The number of nitro groups is 1. The zero-order chi connectivity index (χ0) is 15.6. The highest BCUT2D eigenvalue weighted by atomic mass is 35.5. The number of halogens is 1. The summed E-state index contributed by atoms with van der Waals surface area (Å²) >= 11 is 6.08. The van der Waals surface area contributed by atoms with Crippen molar-refractivity contribution in [3.8, 4) is 0 Å². The summed E-state index contributed by atoms with van der Waals surface area (Å²) in [5.74, 6) is 0.485. The minimum Gasteiger partial charge on any atom is -0.368 e. The van der Waals surface area contributed by atoms with Gasteiger partial charge in [-0.2, -0.15) is 0 Å². The maximum Gasteiger partial charge on any atom is 0.288 e. The van der Waals surface area contributed by atoms with E-state index in [-0.39, 0.29) is 10.7 Å². The molecule has 0 amide bonds. The molecule has 0 bridgehead atoms. The lowest BCUT2D eigenvalue weighted by atomic mass is 10.0. The van der Waals surface area contributed by atoms with Gasteiger partial charge < -0.3 is 10.6 Å². The third kappa shape index (κ3) is 3.14. The number of nitrogens with two attached hydrogens (primary N) is 1. The molecule has 2 unspecified atom stereocenters. The minimum absolute atomic E-state index is 0.0317. The number of nitrogens with zero attached hydrogens (tertiary/aromatic N) is 2. The van der Waals surface area contributed by atoms with Gasteiger partial charge in [-0.1, -0.05) is 18.0 Å². The Hall–Kier alpha value is -1.33. The number of benzene rings is 1. The molecule has 1 aliphatic rings. The third-order valence-corrected chi connectivity index (χ3v) is 4.74. The molecule has 5 nitrogen and oxygen atoms in total. The standard InChI is InChI=1S/C15H22ClN3O2/c1-3-18(13-6-4-5-11(13)9-17)14-8-12(16)15(19(20)21)7-10(14)2/h7-8,11,13H,3-6,9,17H2,1-2H3. The zero-order valence-electron chi connectivity index (χ0n) is 12.5. The lowest BCUT2D eigenvalue weighted by Crippen LogP contribution is -2.40. The molecule has 2 N–H and O–H groups in total. The molecule has 0 heterocycles. The van der Waals surface area contributed by atoms with Crippen LogP contribution in [0.2, 0.25) is 5.02 Å². The molecule has 2 rings (SSSR count). The normalized spacial score (nSPS) is 21.5. The highest BCUT2D eigenvalue weighted by Gasteiger charge is 2.32. The topological polar surface area (TPSA) is 72.4 Å². The van der Waals surface area contributed by atoms with Gasteiger partial charge in [-0.3, -0.25) is 10.1 Å². The fourth-order valence-electron chi connectivity index (χ4n) is 3.39. The lowest BCUT2D eigenvalue weighted by molar-refractivity contribution is -0.384. The Labute approximate surface area is 130 Å². The van der Waals surface area contributed by atoms with Gasteiger partial charge in [-0.25, -0.2) is 0 Å². The molecule has 0 radical (unpaired) electrons. The summed E-state index contributed by atoms with van der Waals surface area (Å²) < 4.78 is 0. The molecule has 116 valence electrons. The molecule has 2 atom stereocenters. The molecule has 1 fully saturated rings. The number of anilines is 1. The van der Waals surface area contributed by atoms with Crippen molar-refractivity contribution in [3.05, 3.63) is 32.8 Å². The van der Waals surface area contributed by atoms with Gasteiger partial charge in [0.2, 0.25) is 0 Å². The predicted molar refractivity (Wildman–Crippen MR) is 86.0 cm³/mol. The van der Waals surface area contributed by atoms with E-state index in [0.717, 1.165) is 30.6 Å². The molecule has 6 heteroatoms. The fourth-order valence-corrected chi connectivity index (χ4v) is 3.62. The first-order valence-corrected chi connectivity index (χ1v) is 7.78. The lowest BCUT2D eigenvalue weighted by Gasteiger charge is -2.35. The van der Waals surface area contributed by atoms with Crippen LogP contribution in [0, 0.1) is 23.0 Å². The van der Waals surface area contributed by atoms with Crippen LogP contribution in [0.3, 0.4) is 0 Å². The largest absolute Gasteiger partial charge is 0.368 e. The van der Waals surface area contributed by atoms with Gasteiger partial charge >= 0.3 is 0 Å². The van der Waals surface area contributed by atoms with Crippen LogP contribution < -0.4 is 10.6 Å². The number of rotatable bonds is 5. The van der Waals surface area contributed by atoms with Crippen LogP contribution in [0.25, 0.3) is 0 Å². The van der Waals surface area contributed by atoms with Crippen molar-refractivity contribution in [1.82, 2.24) is 0 Å². The van der Waals surface area contributed by atoms with Gasteiger partial charge in [-0.05, 0) is 50.8 Å². The molecule has 0 aromatic heterocycles. The highest BCUT2D eigenvalue weighted by Crippen LogP contribution is 2.37. The molecular formula is C15H22ClN3O2. The van der Waals surface area contributed by atoms with Crippen LogP contribution in [0.15, 0.2) is 12.1 Å². The summed E-state index contributed by atoms with van der Waals surface area (Å²) in [5.41, 5.74) is 7.72. The summed E-state index contributed by atoms with van der Waals surface area (Å²) in [7, 11) is 0. The summed E-state index contributed by atoms with van der Waals surface area (Å²) in [6.45, 7) is 5.52. The van der Waals surface area contributed by atoms with Gasteiger partial charge in [0.25, 0.3) is 5.69 Å². The summed E-state index contributed by atoms with van der Waals surface area (Å²) in [6, 6.07) is 3.69. The summed E-state index contributed by atoms with van der Waals surface area (Å²) in [6.07, 6.45) is 3.45. The van der Waals surface area contributed by atoms with Crippen LogP contribution in [-0.2, 0) is 0 Å². The second-order valence-electron chi connectivity index (χ2n) is 5.63. The Kier molecular flexibility index (Phi) is 5.06. The maximum absolute atomic E-state index is 11.0. The molecule has 0 aliphatic heterocycles. The molecule has 1 aromatic rings. The molecule has 1 aromatic carbocycles. The Balaban J connectivity index is 2.38. The average molecular weight is 312 g/mol. The SMILES string of the molecule is CCN(c1cc(Cl)c([N+](=O)[O-])cc1C)C1CCCC1CN. The second-order valence-corrected chi connectivity index (χ2v) is 6.03. The predicted octanol–water partition coefficient (Wildman–Crippen LogP) is 3.51. The van der Waals surface area contributed by atoms with Crippen molar-refractivity contribution >= 4 is 23.0 Å². The van der Waals surface area contributed by atoms with E-state index in [0.29, 0.717) is 18.5 Å². The summed E-state index contributed by atoms with van der Waals surface area (Å²) in [5, 5.41) is 11.2. The van der Waals surface area contributed by atoms with E-state index in [4.69, 9.17) is 17.3 Å². The van der Waals surface area contributed by atoms with Crippen LogP contribution in [0.5, 0.6) is 0 Å². The quantitative estimate of drug-likeness (QED) is 0.667. The molecule has 0 spiro atoms. The van der Waals surface area contributed by atoms with Gasteiger partial charge in [0, 0.05) is 24.3 Å². The van der Waals surface area contributed by atoms with Crippen molar-refractivity contribution in [1.29, 1.82) is 0 Å². The van der Waals surface area contributed by atoms with Crippen LogP contribution in [-0.4, -0.2) is 24.1 Å². The second kappa shape index (κ2) is 6.62. The van der Waals surface area contributed by atoms with E-state index >= 15 is 0 Å². The molecule has 1 aliphatic carbocycles. The first-order valence-electron chi connectivity index (χ1n) is 7.40. The Morgan fingerprint density at radius 2 is 2.19 bits per heavy atom. The van der Waals surface area contributed by atoms with Crippen LogP contribution in [0.1, 0.15) is 31.7 Å². The van der Waals surface area contributed by atoms with Gasteiger partial charge in [0.05, 0.1) is 4.92 Å². The van der Waals surface area contributed by atoms with Gasteiger partial charge in [-0.15, -0.1) is 0 Å². The van der Waals surface area contributed by atoms with E-state index in [1.807, 2.05) is 6.92 Å². The van der Waals surface area contributed by atoms with Crippen molar-refractivity contribution in [3.63, 3.8) is 0 Å². The van der Waals surface area contributed by atoms with Gasteiger partial charge in [0.1, 0.15) is 5.02 Å². The van der Waals surface area contributed by atoms with Crippen LogP contribution >= 0.6 is 11.6 Å². The number of hydrogen-bond acceptors (Lipinski definition) is 4.